The molecule has 1 aromatic rings. The lowest BCUT2D eigenvalue weighted by molar-refractivity contribution is 0.350. The van der Waals surface area contributed by atoms with Crippen LogP contribution in [-0.2, 0) is 6.42 Å². The van der Waals surface area contributed by atoms with Crippen molar-refractivity contribution in [3.8, 4) is 0 Å². The predicted molar refractivity (Wildman–Crippen MR) is 83.1 cm³/mol. The molecule has 2 heterocycles. The first-order chi connectivity index (χ1) is 9.78. The Balaban J connectivity index is 1.85. The Kier molecular flexibility index (Phi) is 4.29. The van der Waals surface area contributed by atoms with Crippen molar-refractivity contribution in [2.45, 2.75) is 70.4 Å². The molecule has 1 atom stereocenters. The molecule has 1 unspecified atom stereocenters. The number of rotatable bonds is 3. The summed E-state index contributed by atoms with van der Waals surface area (Å²) in [6, 6.07) is 0.968. The molecule has 4 heteroatoms. The van der Waals surface area contributed by atoms with Crippen molar-refractivity contribution in [3.63, 3.8) is 0 Å². The van der Waals surface area contributed by atoms with Crippen LogP contribution in [0, 0.1) is 0 Å². The van der Waals surface area contributed by atoms with Crippen molar-refractivity contribution < 1.29 is 0 Å². The molecule has 3 rings (SSSR count). The van der Waals surface area contributed by atoms with E-state index >= 15 is 0 Å². The topological polar surface area (TPSA) is 47.1 Å². The number of piperidine rings is 1. The standard InChI is InChI=1S/C16H28N4/c1-2-14-12-20(15-8-4-3-5-9-15)16(18-14)19-10-6-7-13(17)11-19/h12-13,15H,2-11,17H2,1H3. The number of aromatic nitrogens is 2. The number of nitrogens with zero attached hydrogens (tertiary/aromatic N) is 3. The van der Waals surface area contributed by atoms with Crippen LogP contribution in [0.1, 0.15) is 63.6 Å². The first-order valence-corrected chi connectivity index (χ1v) is 8.36. The van der Waals surface area contributed by atoms with E-state index in [1.54, 1.807) is 0 Å². The van der Waals surface area contributed by atoms with Crippen molar-refractivity contribution in [2.75, 3.05) is 18.0 Å². The highest BCUT2D eigenvalue weighted by atomic mass is 15.3. The van der Waals surface area contributed by atoms with Crippen LogP contribution in [0.15, 0.2) is 6.20 Å². The van der Waals surface area contributed by atoms with Crippen LogP contribution < -0.4 is 10.6 Å². The van der Waals surface area contributed by atoms with Gasteiger partial charge in [0, 0.05) is 31.4 Å². The first kappa shape index (κ1) is 13.9. The Morgan fingerprint density at radius 1 is 1.20 bits per heavy atom. The van der Waals surface area contributed by atoms with E-state index in [4.69, 9.17) is 10.7 Å². The first-order valence-electron chi connectivity index (χ1n) is 8.36. The maximum atomic E-state index is 6.15. The van der Waals surface area contributed by atoms with Gasteiger partial charge in [0.15, 0.2) is 0 Å². The van der Waals surface area contributed by atoms with Gasteiger partial charge < -0.3 is 15.2 Å². The Morgan fingerprint density at radius 3 is 2.70 bits per heavy atom. The van der Waals surface area contributed by atoms with Gasteiger partial charge >= 0.3 is 0 Å². The second-order valence-corrected chi connectivity index (χ2v) is 6.43. The average Bonchev–Trinajstić information content (AvgIpc) is 2.92. The van der Waals surface area contributed by atoms with Gasteiger partial charge in [0.25, 0.3) is 0 Å². The van der Waals surface area contributed by atoms with Gasteiger partial charge in [0.05, 0.1) is 5.69 Å². The van der Waals surface area contributed by atoms with Crippen LogP contribution in [0.3, 0.4) is 0 Å². The zero-order valence-corrected chi connectivity index (χ0v) is 12.7. The minimum atomic E-state index is 0.310. The molecule has 4 nitrogen and oxygen atoms in total. The van der Waals surface area contributed by atoms with E-state index in [2.05, 4.69) is 22.6 Å². The molecule has 1 aliphatic heterocycles. The number of nitrogens with two attached hydrogens (primary N) is 1. The zero-order chi connectivity index (χ0) is 13.9. The average molecular weight is 276 g/mol. The summed E-state index contributed by atoms with van der Waals surface area (Å²) >= 11 is 0. The second kappa shape index (κ2) is 6.17. The quantitative estimate of drug-likeness (QED) is 0.923. The Bertz CT molecular complexity index is 434. The van der Waals surface area contributed by atoms with Gasteiger partial charge in [-0.15, -0.1) is 0 Å². The molecular formula is C16H28N4. The molecule has 2 N–H and O–H groups in total. The molecule has 1 saturated carbocycles. The van der Waals surface area contributed by atoms with Crippen molar-refractivity contribution in [2.24, 2.45) is 5.73 Å². The fourth-order valence-electron chi connectivity index (χ4n) is 3.66. The predicted octanol–water partition coefficient (Wildman–Crippen LogP) is 2.88. The van der Waals surface area contributed by atoms with Crippen molar-refractivity contribution in [3.05, 3.63) is 11.9 Å². The number of anilines is 1. The minimum absolute atomic E-state index is 0.310. The molecule has 1 aromatic heterocycles. The second-order valence-electron chi connectivity index (χ2n) is 6.43. The Morgan fingerprint density at radius 2 is 2.00 bits per heavy atom. The van der Waals surface area contributed by atoms with Crippen LogP contribution in [0.2, 0.25) is 0 Å². The summed E-state index contributed by atoms with van der Waals surface area (Å²) in [4.78, 5) is 7.31. The number of aryl methyl sites for hydroxylation is 1. The Labute approximate surface area is 122 Å². The Hall–Kier alpha value is -1.03. The van der Waals surface area contributed by atoms with Crippen LogP contribution in [-0.4, -0.2) is 28.7 Å². The van der Waals surface area contributed by atoms with Gasteiger partial charge in [-0.05, 0) is 32.1 Å². The van der Waals surface area contributed by atoms with E-state index in [0.717, 1.165) is 25.9 Å². The van der Waals surface area contributed by atoms with Gasteiger partial charge in [-0.1, -0.05) is 26.2 Å². The van der Waals surface area contributed by atoms with Gasteiger partial charge in [0.2, 0.25) is 5.95 Å². The number of hydrogen-bond acceptors (Lipinski definition) is 3. The number of hydrogen-bond donors (Lipinski definition) is 1. The smallest absolute Gasteiger partial charge is 0.206 e. The summed E-state index contributed by atoms with van der Waals surface area (Å²) in [6.45, 7) is 4.27. The lowest BCUT2D eigenvalue weighted by atomic mass is 9.95. The van der Waals surface area contributed by atoms with Crippen LogP contribution in [0.5, 0.6) is 0 Å². The molecule has 20 heavy (non-hydrogen) atoms. The van der Waals surface area contributed by atoms with Crippen molar-refractivity contribution in [1.29, 1.82) is 0 Å². The van der Waals surface area contributed by atoms with Gasteiger partial charge in [-0.25, -0.2) is 4.98 Å². The molecular weight excluding hydrogens is 248 g/mol. The van der Waals surface area contributed by atoms with Crippen LogP contribution in [0.25, 0.3) is 0 Å². The summed E-state index contributed by atoms with van der Waals surface area (Å²) in [6.07, 6.45) is 12.4. The van der Waals surface area contributed by atoms with E-state index < -0.39 is 0 Å². The van der Waals surface area contributed by atoms with Crippen molar-refractivity contribution >= 4 is 5.95 Å². The van der Waals surface area contributed by atoms with Crippen LogP contribution in [0.4, 0.5) is 5.95 Å². The summed E-state index contributed by atoms with van der Waals surface area (Å²) in [7, 11) is 0. The molecule has 1 saturated heterocycles. The summed E-state index contributed by atoms with van der Waals surface area (Å²) in [5.74, 6) is 1.18. The van der Waals surface area contributed by atoms with Crippen LogP contribution >= 0.6 is 0 Å². The third-order valence-electron chi connectivity index (χ3n) is 4.83. The van der Waals surface area contributed by atoms with E-state index in [1.165, 1.54) is 50.2 Å². The summed E-state index contributed by atoms with van der Waals surface area (Å²) < 4.78 is 2.47. The molecule has 1 aliphatic carbocycles. The highest BCUT2D eigenvalue weighted by Gasteiger charge is 2.25. The molecule has 0 aromatic carbocycles. The normalized spacial score (nSPS) is 25.1. The van der Waals surface area contributed by atoms with Gasteiger partial charge in [0.1, 0.15) is 0 Å². The third kappa shape index (κ3) is 2.85. The SMILES string of the molecule is CCc1cn(C2CCCCC2)c(N2CCCC(N)C2)n1. The maximum absolute atomic E-state index is 6.15. The summed E-state index contributed by atoms with van der Waals surface area (Å²) in [5, 5.41) is 0. The van der Waals surface area contributed by atoms with E-state index in [0.29, 0.717) is 12.1 Å². The number of imidazole rings is 1. The lowest BCUT2D eigenvalue weighted by Gasteiger charge is -2.34. The fourth-order valence-corrected chi connectivity index (χ4v) is 3.66. The molecule has 2 fully saturated rings. The van der Waals surface area contributed by atoms with Gasteiger partial charge in [-0.2, -0.15) is 0 Å². The zero-order valence-electron chi connectivity index (χ0n) is 12.7. The molecule has 0 amide bonds. The largest absolute Gasteiger partial charge is 0.341 e. The van der Waals surface area contributed by atoms with E-state index in [-0.39, 0.29) is 0 Å². The lowest BCUT2D eigenvalue weighted by Crippen LogP contribution is -2.44. The van der Waals surface area contributed by atoms with E-state index in [1.807, 2.05) is 0 Å². The molecule has 112 valence electrons. The van der Waals surface area contributed by atoms with Crippen molar-refractivity contribution in [1.82, 2.24) is 9.55 Å². The monoisotopic (exact) mass is 276 g/mol. The minimum Gasteiger partial charge on any atom is -0.341 e. The summed E-state index contributed by atoms with van der Waals surface area (Å²) in [5.41, 5.74) is 7.38. The molecule has 0 spiro atoms. The highest BCUT2D eigenvalue weighted by Crippen LogP contribution is 2.32. The van der Waals surface area contributed by atoms with E-state index in [9.17, 15) is 0 Å². The third-order valence-corrected chi connectivity index (χ3v) is 4.83. The molecule has 2 aliphatic rings. The molecule has 0 bridgehead atoms. The maximum Gasteiger partial charge on any atom is 0.206 e. The highest BCUT2D eigenvalue weighted by molar-refractivity contribution is 5.35. The van der Waals surface area contributed by atoms with Gasteiger partial charge in [-0.3, -0.25) is 0 Å². The fraction of sp³-hybridized carbons (Fsp3) is 0.812. The molecule has 0 radical (unpaired) electrons.